The lowest BCUT2D eigenvalue weighted by molar-refractivity contribution is -0.182. The molecule has 2 fully saturated rings. The molecule has 47 heavy (non-hydrogen) atoms. The summed E-state index contributed by atoms with van der Waals surface area (Å²) in [5.41, 5.74) is -1.36. The lowest BCUT2D eigenvalue weighted by atomic mass is 9.85. The van der Waals surface area contributed by atoms with Crippen LogP contribution in [-0.4, -0.2) is 51.6 Å². The van der Waals surface area contributed by atoms with Crippen LogP contribution in [0.2, 0.25) is 0 Å². The number of carbonyl (C=O) groups excluding carboxylic acids is 2. The van der Waals surface area contributed by atoms with Gasteiger partial charge in [-0.05, 0) is 68.2 Å². The summed E-state index contributed by atoms with van der Waals surface area (Å²) in [6.07, 6.45) is -10.1. The van der Waals surface area contributed by atoms with E-state index in [1.807, 2.05) is 0 Å². The standard InChI is InChI=1S/C30H32F8N6O3/c1-44-25-22(12-19(27(43-25)47-14-23(31)32)26(46)40-18-7-5-17(6-8-18)29(33,34)35)42-28(44)41-21-10-16(4-9-20(21)30(36,37)38)13-39-24(45)11-15-2-3-15/h4,9-10,12,15,17-18,23H,2-3,5-8,11,13-14H2,1H3,(H,39,45)(H,40,46)(H,41,42). The second-order valence-corrected chi connectivity index (χ2v) is 11.9. The summed E-state index contributed by atoms with van der Waals surface area (Å²) in [6, 6.07) is 3.88. The van der Waals surface area contributed by atoms with Crippen LogP contribution in [0, 0.1) is 11.8 Å². The molecular weight excluding hydrogens is 644 g/mol. The topological polar surface area (TPSA) is 110 Å². The van der Waals surface area contributed by atoms with E-state index in [1.165, 1.54) is 29.8 Å². The first-order valence-corrected chi connectivity index (χ1v) is 15.0. The molecule has 256 valence electrons. The number of nitrogens with zero attached hydrogens (tertiary/aromatic N) is 3. The summed E-state index contributed by atoms with van der Waals surface area (Å²) in [4.78, 5) is 33.8. The molecule has 3 aromatic rings. The number of pyridine rings is 1. The van der Waals surface area contributed by atoms with Crippen LogP contribution in [0.3, 0.4) is 0 Å². The van der Waals surface area contributed by atoms with Crippen molar-refractivity contribution in [2.24, 2.45) is 18.9 Å². The summed E-state index contributed by atoms with van der Waals surface area (Å²) in [5, 5.41) is 7.94. The fourth-order valence-electron chi connectivity index (χ4n) is 5.48. The summed E-state index contributed by atoms with van der Waals surface area (Å²) in [7, 11) is 1.40. The zero-order chi connectivity index (χ0) is 34.1. The quantitative estimate of drug-likeness (QED) is 0.197. The van der Waals surface area contributed by atoms with Crippen molar-refractivity contribution in [3.8, 4) is 5.88 Å². The molecule has 1 aromatic carbocycles. The molecule has 0 saturated heterocycles. The maximum Gasteiger partial charge on any atom is 0.418 e. The Balaban J connectivity index is 1.40. The van der Waals surface area contributed by atoms with E-state index < -0.39 is 54.7 Å². The van der Waals surface area contributed by atoms with Crippen LogP contribution in [-0.2, 0) is 24.6 Å². The summed E-state index contributed by atoms with van der Waals surface area (Å²) >= 11 is 0. The van der Waals surface area contributed by atoms with Crippen molar-refractivity contribution in [3.05, 3.63) is 41.0 Å². The van der Waals surface area contributed by atoms with Gasteiger partial charge in [0.1, 0.15) is 11.1 Å². The molecule has 0 radical (unpaired) electrons. The Kier molecular flexibility index (Phi) is 9.82. The number of anilines is 2. The molecule has 2 saturated carbocycles. The molecule has 2 aromatic heterocycles. The highest BCUT2D eigenvalue weighted by atomic mass is 19.4. The number of fused-ring (bicyclic) bond motifs is 1. The molecule has 2 aliphatic rings. The van der Waals surface area contributed by atoms with Gasteiger partial charge in [-0.1, -0.05) is 6.07 Å². The van der Waals surface area contributed by atoms with Crippen LogP contribution in [0.25, 0.3) is 11.2 Å². The van der Waals surface area contributed by atoms with Crippen molar-refractivity contribution in [2.75, 3.05) is 11.9 Å². The van der Waals surface area contributed by atoms with Crippen molar-refractivity contribution in [1.29, 1.82) is 0 Å². The first kappa shape index (κ1) is 34.2. The summed E-state index contributed by atoms with van der Waals surface area (Å²) < 4.78 is 113. The molecule has 0 bridgehead atoms. The van der Waals surface area contributed by atoms with Gasteiger partial charge in [-0.15, -0.1) is 0 Å². The Morgan fingerprint density at radius 3 is 2.32 bits per heavy atom. The molecule has 0 aliphatic heterocycles. The summed E-state index contributed by atoms with van der Waals surface area (Å²) in [6.45, 7) is -1.14. The number of aromatic nitrogens is 3. The largest absolute Gasteiger partial charge is 0.471 e. The van der Waals surface area contributed by atoms with Gasteiger partial charge in [0.15, 0.2) is 12.3 Å². The van der Waals surface area contributed by atoms with Gasteiger partial charge in [0.25, 0.3) is 12.3 Å². The van der Waals surface area contributed by atoms with Gasteiger partial charge >= 0.3 is 12.4 Å². The van der Waals surface area contributed by atoms with Crippen LogP contribution < -0.4 is 20.7 Å². The first-order valence-electron chi connectivity index (χ1n) is 15.0. The number of aryl methyl sites for hydroxylation is 1. The number of nitrogens with one attached hydrogen (secondary N) is 3. The number of rotatable bonds is 11. The first-order chi connectivity index (χ1) is 22.1. The highest BCUT2D eigenvalue weighted by Crippen LogP contribution is 2.39. The SMILES string of the molecule is Cn1c(Nc2cc(CNC(=O)CC3CC3)ccc2C(F)(F)F)nc2cc(C(=O)NC3CCC(C(F)(F)F)CC3)c(OCC(F)F)nc21. The monoisotopic (exact) mass is 676 g/mol. The lowest BCUT2D eigenvalue weighted by Gasteiger charge is -2.30. The van der Waals surface area contributed by atoms with Gasteiger partial charge in [0, 0.05) is 26.1 Å². The normalized spacial score (nSPS) is 18.8. The Morgan fingerprint density at radius 1 is 1.00 bits per heavy atom. The van der Waals surface area contributed by atoms with Crippen molar-refractivity contribution >= 4 is 34.6 Å². The number of alkyl halides is 8. The molecule has 2 amide bonds. The van der Waals surface area contributed by atoms with Crippen molar-refractivity contribution in [2.45, 2.75) is 76.3 Å². The maximum atomic E-state index is 13.9. The Labute approximate surface area is 263 Å². The molecular formula is C30H32F8N6O3. The van der Waals surface area contributed by atoms with E-state index in [4.69, 9.17) is 4.74 Å². The highest BCUT2D eigenvalue weighted by molar-refractivity contribution is 5.99. The van der Waals surface area contributed by atoms with E-state index in [1.54, 1.807) is 0 Å². The van der Waals surface area contributed by atoms with E-state index in [-0.39, 0.29) is 66.5 Å². The fourth-order valence-corrected chi connectivity index (χ4v) is 5.48. The van der Waals surface area contributed by atoms with Gasteiger partial charge in [0.2, 0.25) is 17.7 Å². The Hall–Kier alpha value is -4.18. The minimum Gasteiger partial charge on any atom is -0.471 e. The molecule has 0 spiro atoms. The van der Waals surface area contributed by atoms with Crippen LogP contribution in [0.1, 0.15) is 66.4 Å². The molecule has 0 atom stereocenters. The zero-order valence-corrected chi connectivity index (χ0v) is 25.1. The number of halogens is 8. The fraction of sp³-hybridized carbons (Fsp3) is 0.533. The predicted molar refractivity (Wildman–Crippen MR) is 153 cm³/mol. The number of benzene rings is 1. The van der Waals surface area contributed by atoms with Crippen LogP contribution in [0.4, 0.5) is 46.8 Å². The smallest absolute Gasteiger partial charge is 0.418 e. The van der Waals surface area contributed by atoms with Gasteiger partial charge < -0.3 is 20.7 Å². The van der Waals surface area contributed by atoms with Gasteiger partial charge in [-0.25, -0.2) is 13.8 Å². The van der Waals surface area contributed by atoms with E-state index in [2.05, 4.69) is 25.9 Å². The highest BCUT2D eigenvalue weighted by Gasteiger charge is 2.42. The number of imidazole rings is 1. The second-order valence-electron chi connectivity index (χ2n) is 11.9. The van der Waals surface area contributed by atoms with Gasteiger partial charge in [-0.2, -0.15) is 31.3 Å². The average Bonchev–Trinajstić information content (AvgIpc) is 3.76. The Bertz CT molecular complexity index is 1610. The molecule has 2 aliphatic carbocycles. The second kappa shape index (κ2) is 13.5. The van der Waals surface area contributed by atoms with Crippen molar-refractivity contribution in [3.63, 3.8) is 0 Å². The third-order valence-electron chi connectivity index (χ3n) is 8.22. The van der Waals surface area contributed by atoms with E-state index >= 15 is 0 Å². The van der Waals surface area contributed by atoms with Crippen molar-refractivity contribution in [1.82, 2.24) is 25.2 Å². The molecule has 9 nitrogen and oxygen atoms in total. The molecule has 2 heterocycles. The minimum atomic E-state index is -4.76. The van der Waals surface area contributed by atoms with Crippen molar-refractivity contribution < 1.29 is 49.4 Å². The van der Waals surface area contributed by atoms with E-state index in [0.717, 1.165) is 18.9 Å². The molecule has 0 unspecified atom stereocenters. The number of ether oxygens (including phenoxy) is 1. The van der Waals surface area contributed by atoms with Gasteiger partial charge in [-0.3, -0.25) is 14.2 Å². The van der Waals surface area contributed by atoms with E-state index in [0.29, 0.717) is 17.9 Å². The maximum absolute atomic E-state index is 13.9. The molecule has 3 N–H and O–H groups in total. The average molecular weight is 677 g/mol. The van der Waals surface area contributed by atoms with E-state index in [9.17, 15) is 44.7 Å². The molecule has 17 heteroatoms. The number of hydrogen-bond donors (Lipinski definition) is 3. The van der Waals surface area contributed by atoms with Crippen LogP contribution in [0.5, 0.6) is 5.88 Å². The third-order valence-corrected chi connectivity index (χ3v) is 8.22. The molecule has 5 rings (SSSR count). The number of carbonyl (C=O) groups is 2. The minimum absolute atomic E-state index is 0.00220. The van der Waals surface area contributed by atoms with Crippen LogP contribution >= 0.6 is 0 Å². The summed E-state index contributed by atoms with van der Waals surface area (Å²) in [5.74, 6) is -2.85. The van der Waals surface area contributed by atoms with Gasteiger partial charge in [0.05, 0.1) is 17.2 Å². The predicted octanol–water partition coefficient (Wildman–Crippen LogP) is 6.64. The number of amides is 2. The zero-order valence-electron chi connectivity index (χ0n) is 25.1. The van der Waals surface area contributed by atoms with Crippen LogP contribution in [0.15, 0.2) is 24.3 Å². The third kappa shape index (κ3) is 8.60. The number of hydrogen-bond acceptors (Lipinski definition) is 6. The lowest BCUT2D eigenvalue weighted by Crippen LogP contribution is -2.40. The Morgan fingerprint density at radius 2 is 1.70 bits per heavy atom.